The van der Waals surface area contributed by atoms with Crippen LogP contribution in [0.2, 0.25) is 0 Å². The van der Waals surface area contributed by atoms with Crippen LogP contribution in [0.25, 0.3) is 0 Å². The van der Waals surface area contributed by atoms with Crippen LogP contribution in [0.15, 0.2) is 17.1 Å². The number of alkyl halides is 1. The molecule has 1 aliphatic heterocycles. The zero-order valence-corrected chi connectivity index (χ0v) is 10.2. The van der Waals surface area contributed by atoms with Crippen molar-refractivity contribution in [3.05, 3.63) is 34.4 Å². The third-order valence-corrected chi connectivity index (χ3v) is 4.10. The number of aliphatic imine (C=N–C) groups is 1. The Morgan fingerprint density at radius 2 is 2.06 bits per heavy atom. The van der Waals surface area contributed by atoms with Crippen molar-refractivity contribution in [3.63, 3.8) is 0 Å². The third-order valence-electron chi connectivity index (χ3n) is 4.10. The quantitative estimate of drug-likeness (QED) is 0.694. The molecule has 1 fully saturated rings. The summed E-state index contributed by atoms with van der Waals surface area (Å²) in [5.41, 5.74) is 4.94. The van der Waals surface area contributed by atoms with Crippen LogP contribution in [0.4, 0.5) is 4.39 Å². The van der Waals surface area contributed by atoms with E-state index in [-0.39, 0.29) is 5.92 Å². The number of aryl methyl sites for hydroxylation is 1. The van der Waals surface area contributed by atoms with Crippen molar-refractivity contribution < 1.29 is 4.39 Å². The molecule has 0 spiro atoms. The van der Waals surface area contributed by atoms with Crippen LogP contribution in [-0.2, 0) is 6.54 Å². The lowest BCUT2D eigenvalue weighted by Crippen LogP contribution is -2.19. The molecule has 1 aromatic rings. The van der Waals surface area contributed by atoms with Crippen LogP contribution in [0.5, 0.6) is 0 Å². The third kappa shape index (κ3) is 1.90. The molecule has 0 radical (unpaired) electrons. The predicted octanol–water partition coefficient (Wildman–Crippen LogP) is 3.92. The van der Waals surface area contributed by atoms with Crippen molar-refractivity contribution in [3.8, 4) is 0 Å². The summed E-state index contributed by atoms with van der Waals surface area (Å²) in [6, 6.07) is 4.36. The van der Waals surface area contributed by atoms with Gasteiger partial charge < -0.3 is 0 Å². The average Bonchev–Trinajstić information content (AvgIpc) is 2.76. The Morgan fingerprint density at radius 3 is 2.88 bits per heavy atom. The molecule has 17 heavy (non-hydrogen) atoms. The molecule has 3 rings (SSSR count). The second-order valence-electron chi connectivity index (χ2n) is 5.28. The maximum absolute atomic E-state index is 14.0. The van der Waals surface area contributed by atoms with E-state index < -0.39 is 6.17 Å². The molecule has 0 bridgehead atoms. The summed E-state index contributed by atoms with van der Waals surface area (Å²) in [6.45, 7) is 2.87. The number of benzene rings is 1. The van der Waals surface area contributed by atoms with E-state index >= 15 is 0 Å². The zero-order valence-electron chi connectivity index (χ0n) is 10.2. The van der Waals surface area contributed by atoms with Crippen molar-refractivity contribution in [2.45, 2.75) is 51.2 Å². The van der Waals surface area contributed by atoms with E-state index in [1.165, 1.54) is 22.3 Å². The average molecular weight is 231 g/mol. The van der Waals surface area contributed by atoms with E-state index in [9.17, 15) is 4.39 Å². The minimum absolute atomic E-state index is 0.120. The van der Waals surface area contributed by atoms with E-state index in [2.05, 4.69) is 24.0 Å². The van der Waals surface area contributed by atoms with Gasteiger partial charge in [-0.1, -0.05) is 18.9 Å². The van der Waals surface area contributed by atoms with Crippen LogP contribution < -0.4 is 0 Å². The number of halogens is 1. The van der Waals surface area contributed by atoms with Gasteiger partial charge in [-0.25, -0.2) is 4.39 Å². The van der Waals surface area contributed by atoms with Crippen LogP contribution >= 0.6 is 0 Å². The Bertz CT molecular complexity index is 464. The number of rotatable bonds is 1. The molecule has 0 N–H and O–H groups in total. The Hall–Kier alpha value is -1.18. The molecule has 2 atom stereocenters. The maximum Gasteiger partial charge on any atom is 0.107 e. The highest BCUT2D eigenvalue weighted by Gasteiger charge is 2.28. The molecule has 1 nitrogen and oxygen atoms in total. The SMILES string of the molecule is Cc1cc2c(cc1C1CCCCC1F)CN=C2. The van der Waals surface area contributed by atoms with Gasteiger partial charge >= 0.3 is 0 Å². The molecule has 1 aromatic carbocycles. The molecular weight excluding hydrogens is 213 g/mol. The first kappa shape index (κ1) is 10.9. The van der Waals surface area contributed by atoms with Crippen molar-refractivity contribution in [2.75, 3.05) is 0 Å². The lowest BCUT2D eigenvalue weighted by atomic mass is 9.80. The molecule has 2 unspecified atom stereocenters. The fourth-order valence-electron chi connectivity index (χ4n) is 3.13. The second kappa shape index (κ2) is 4.25. The van der Waals surface area contributed by atoms with Crippen LogP contribution in [-0.4, -0.2) is 12.4 Å². The smallest absolute Gasteiger partial charge is 0.107 e. The number of fused-ring (bicyclic) bond motifs is 1. The topological polar surface area (TPSA) is 12.4 Å². The van der Waals surface area contributed by atoms with Crippen LogP contribution in [0.3, 0.4) is 0 Å². The van der Waals surface area contributed by atoms with E-state index in [1.807, 2.05) is 6.21 Å². The molecule has 2 aliphatic rings. The summed E-state index contributed by atoms with van der Waals surface area (Å²) in [5, 5.41) is 0. The minimum Gasteiger partial charge on any atom is -0.288 e. The van der Waals surface area contributed by atoms with Gasteiger partial charge in [-0.05, 0) is 48.1 Å². The number of nitrogens with zero attached hydrogens (tertiary/aromatic N) is 1. The van der Waals surface area contributed by atoms with Crippen molar-refractivity contribution in [1.29, 1.82) is 0 Å². The van der Waals surface area contributed by atoms with Crippen LogP contribution in [0, 0.1) is 6.92 Å². The first-order valence-corrected chi connectivity index (χ1v) is 6.53. The molecule has 1 heterocycles. The van der Waals surface area contributed by atoms with E-state index in [1.54, 1.807) is 0 Å². The largest absolute Gasteiger partial charge is 0.288 e. The van der Waals surface area contributed by atoms with Gasteiger partial charge in [0.05, 0.1) is 6.54 Å². The van der Waals surface area contributed by atoms with Crippen LogP contribution in [0.1, 0.15) is 53.9 Å². The number of hydrogen-bond acceptors (Lipinski definition) is 1. The summed E-state index contributed by atoms with van der Waals surface area (Å²) in [7, 11) is 0. The summed E-state index contributed by atoms with van der Waals surface area (Å²) >= 11 is 0. The Morgan fingerprint density at radius 1 is 1.24 bits per heavy atom. The summed E-state index contributed by atoms with van der Waals surface area (Å²) < 4.78 is 14.0. The zero-order chi connectivity index (χ0) is 11.8. The summed E-state index contributed by atoms with van der Waals surface area (Å²) in [5.74, 6) is 0.120. The van der Waals surface area contributed by atoms with E-state index in [4.69, 9.17) is 0 Å². The molecule has 0 amide bonds. The second-order valence-corrected chi connectivity index (χ2v) is 5.28. The van der Waals surface area contributed by atoms with Gasteiger partial charge in [0.25, 0.3) is 0 Å². The molecule has 1 aliphatic carbocycles. The molecule has 0 saturated heterocycles. The standard InChI is InChI=1S/C15H18FN/c1-10-6-11-8-17-9-12(11)7-14(10)13-4-2-3-5-15(13)16/h6-8,13,15H,2-5,9H2,1H3. The van der Waals surface area contributed by atoms with Gasteiger partial charge in [0.2, 0.25) is 0 Å². The van der Waals surface area contributed by atoms with Gasteiger partial charge in [-0.2, -0.15) is 0 Å². The summed E-state index contributed by atoms with van der Waals surface area (Å²) in [4.78, 5) is 4.28. The van der Waals surface area contributed by atoms with E-state index in [0.29, 0.717) is 0 Å². The fourth-order valence-corrected chi connectivity index (χ4v) is 3.13. The normalized spacial score (nSPS) is 27.2. The molecule has 0 aromatic heterocycles. The van der Waals surface area contributed by atoms with Gasteiger partial charge in [0.1, 0.15) is 6.17 Å². The predicted molar refractivity (Wildman–Crippen MR) is 68.6 cm³/mol. The summed E-state index contributed by atoms with van der Waals surface area (Å²) in [6.07, 6.45) is 5.23. The fraction of sp³-hybridized carbons (Fsp3) is 0.533. The lowest BCUT2D eigenvalue weighted by molar-refractivity contribution is 0.216. The Kier molecular flexibility index (Phi) is 2.73. The lowest BCUT2D eigenvalue weighted by Gasteiger charge is -2.28. The van der Waals surface area contributed by atoms with Gasteiger partial charge in [-0.3, -0.25) is 4.99 Å². The molecule has 90 valence electrons. The van der Waals surface area contributed by atoms with Gasteiger partial charge in [0, 0.05) is 12.1 Å². The van der Waals surface area contributed by atoms with Crippen molar-refractivity contribution >= 4 is 6.21 Å². The first-order valence-electron chi connectivity index (χ1n) is 6.53. The van der Waals surface area contributed by atoms with Crippen molar-refractivity contribution in [1.82, 2.24) is 0 Å². The highest BCUT2D eigenvalue weighted by molar-refractivity contribution is 5.85. The van der Waals surface area contributed by atoms with Gasteiger partial charge in [0.15, 0.2) is 0 Å². The molecule has 1 saturated carbocycles. The first-order chi connectivity index (χ1) is 8.25. The number of hydrogen-bond donors (Lipinski definition) is 0. The monoisotopic (exact) mass is 231 g/mol. The highest BCUT2D eigenvalue weighted by Crippen LogP contribution is 2.37. The Balaban J connectivity index is 1.97. The molecular formula is C15H18FN. The molecule has 2 heteroatoms. The minimum atomic E-state index is -0.650. The van der Waals surface area contributed by atoms with E-state index in [0.717, 1.165) is 32.2 Å². The maximum atomic E-state index is 14.0. The van der Waals surface area contributed by atoms with Crippen molar-refractivity contribution in [2.24, 2.45) is 4.99 Å². The highest BCUT2D eigenvalue weighted by atomic mass is 19.1. The Labute approximate surface area is 102 Å². The van der Waals surface area contributed by atoms with Gasteiger partial charge in [-0.15, -0.1) is 0 Å².